The van der Waals surface area contributed by atoms with Gasteiger partial charge in [-0.05, 0) is 62.4 Å². The summed E-state index contributed by atoms with van der Waals surface area (Å²) in [6.45, 7) is 8.05. The van der Waals surface area contributed by atoms with Crippen LogP contribution in [-0.2, 0) is 6.54 Å². The van der Waals surface area contributed by atoms with E-state index in [-0.39, 0.29) is 0 Å². The Morgan fingerprint density at radius 2 is 1.83 bits per heavy atom. The number of ether oxygens (including phenoxy) is 2. The number of aromatic nitrogens is 2. The van der Waals surface area contributed by atoms with Crippen LogP contribution in [0.5, 0.6) is 11.5 Å². The Balaban J connectivity index is 1.30. The van der Waals surface area contributed by atoms with Gasteiger partial charge in [0.2, 0.25) is 5.95 Å². The molecule has 198 valence electrons. The van der Waals surface area contributed by atoms with E-state index in [1.807, 2.05) is 12.3 Å². The zero-order valence-electron chi connectivity index (χ0n) is 22.4. The summed E-state index contributed by atoms with van der Waals surface area (Å²) in [4.78, 5) is 14.3. The minimum Gasteiger partial charge on any atom is -0.493 e. The average molecular weight is 496 g/mol. The summed E-state index contributed by atoms with van der Waals surface area (Å²) in [5, 5.41) is 3.53. The molecule has 0 saturated carbocycles. The normalized spacial score (nSPS) is 18.7. The Morgan fingerprint density at radius 1 is 0.972 bits per heavy atom. The van der Waals surface area contributed by atoms with Crippen molar-refractivity contribution in [2.45, 2.75) is 83.7 Å². The number of nitrogens with zero attached hydrogens (tertiary/aromatic N) is 4. The van der Waals surface area contributed by atoms with E-state index >= 15 is 0 Å². The Bertz CT molecular complexity index is 916. The fourth-order valence-electron chi connectivity index (χ4n) is 5.33. The van der Waals surface area contributed by atoms with E-state index in [0.717, 1.165) is 69.0 Å². The molecule has 0 radical (unpaired) electrons. The van der Waals surface area contributed by atoms with E-state index in [0.29, 0.717) is 6.04 Å². The van der Waals surface area contributed by atoms with Crippen molar-refractivity contribution in [3.05, 3.63) is 36.0 Å². The van der Waals surface area contributed by atoms with Gasteiger partial charge in [0.25, 0.3) is 0 Å². The average Bonchev–Trinajstić information content (AvgIpc) is 3.16. The van der Waals surface area contributed by atoms with Crippen molar-refractivity contribution >= 4 is 11.8 Å². The van der Waals surface area contributed by atoms with Crippen LogP contribution >= 0.6 is 0 Å². The lowest BCUT2D eigenvalue weighted by Gasteiger charge is -2.25. The molecule has 36 heavy (non-hydrogen) atoms. The third-order valence-corrected chi connectivity index (χ3v) is 7.43. The Hall–Kier alpha value is -2.54. The van der Waals surface area contributed by atoms with Crippen molar-refractivity contribution in [1.82, 2.24) is 14.9 Å². The van der Waals surface area contributed by atoms with E-state index in [9.17, 15) is 0 Å². The lowest BCUT2D eigenvalue weighted by atomic mass is 10.1. The van der Waals surface area contributed by atoms with Crippen LogP contribution < -0.4 is 19.7 Å². The Morgan fingerprint density at radius 3 is 2.64 bits per heavy atom. The number of unbranched alkanes of at least 4 members (excludes halogenated alkanes) is 3. The quantitative estimate of drug-likeness (QED) is 0.347. The second-order valence-electron chi connectivity index (χ2n) is 10.2. The van der Waals surface area contributed by atoms with Gasteiger partial charge < -0.3 is 19.7 Å². The van der Waals surface area contributed by atoms with Crippen LogP contribution in [0.3, 0.4) is 0 Å². The topological polar surface area (TPSA) is 62.8 Å². The molecule has 4 rings (SSSR count). The first-order chi connectivity index (χ1) is 17.8. The van der Waals surface area contributed by atoms with Gasteiger partial charge in [0, 0.05) is 38.4 Å². The zero-order valence-corrected chi connectivity index (χ0v) is 22.4. The van der Waals surface area contributed by atoms with Crippen molar-refractivity contribution in [2.24, 2.45) is 0 Å². The molecule has 1 aromatic heterocycles. The lowest BCUT2D eigenvalue weighted by Crippen LogP contribution is -2.35. The number of rotatable bonds is 13. The smallest absolute Gasteiger partial charge is 0.224 e. The minimum absolute atomic E-state index is 0.468. The number of likely N-dealkylation sites (tertiary alicyclic amines) is 1. The van der Waals surface area contributed by atoms with Crippen LogP contribution in [0.25, 0.3) is 0 Å². The maximum absolute atomic E-state index is 6.00. The van der Waals surface area contributed by atoms with E-state index in [1.54, 1.807) is 7.11 Å². The van der Waals surface area contributed by atoms with E-state index in [4.69, 9.17) is 14.5 Å². The standard InChI is InChI=1S/C29H45N5O2/c1-3-4-5-10-20-36-26-14-13-24(21-27(26)35-2)23-34-19-11-12-25(34)22-31-29-30-16-15-28(32-29)33-17-8-6-7-9-18-33/h13-16,21,25H,3-12,17-20,22-23H2,1-2H3,(H,30,31,32). The van der Waals surface area contributed by atoms with Gasteiger partial charge in [-0.1, -0.05) is 45.1 Å². The molecule has 2 saturated heterocycles. The summed E-state index contributed by atoms with van der Waals surface area (Å²) in [6.07, 6.45) is 14.3. The summed E-state index contributed by atoms with van der Waals surface area (Å²) >= 11 is 0. The molecule has 0 bridgehead atoms. The highest BCUT2D eigenvalue weighted by molar-refractivity contribution is 5.44. The van der Waals surface area contributed by atoms with Gasteiger partial charge in [0.15, 0.2) is 11.5 Å². The second-order valence-corrected chi connectivity index (χ2v) is 10.2. The SMILES string of the molecule is CCCCCCOc1ccc(CN2CCCC2CNc2nccc(N3CCCCCC3)n2)cc1OC. The van der Waals surface area contributed by atoms with E-state index in [2.05, 4.69) is 45.2 Å². The first-order valence-electron chi connectivity index (χ1n) is 14.1. The molecule has 2 aromatic rings. The van der Waals surface area contributed by atoms with E-state index in [1.165, 1.54) is 63.4 Å². The predicted molar refractivity (Wildman–Crippen MR) is 147 cm³/mol. The van der Waals surface area contributed by atoms with E-state index < -0.39 is 0 Å². The Labute approximate surface area is 217 Å². The Kier molecular flexibility index (Phi) is 10.5. The van der Waals surface area contributed by atoms with Crippen LogP contribution in [0, 0.1) is 0 Å². The molecule has 2 aliphatic heterocycles. The van der Waals surface area contributed by atoms with Crippen LogP contribution in [0.2, 0.25) is 0 Å². The maximum atomic E-state index is 6.00. The van der Waals surface area contributed by atoms with Gasteiger partial charge in [-0.25, -0.2) is 4.98 Å². The predicted octanol–water partition coefficient (Wildman–Crippen LogP) is 5.90. The van der Waals surface area contributed by atoms with Crippen molar-refractivity contribution in [3.63, 3.8) is 0 Å². The first kappa shape index (κ1) is 26.5. The number of nitrogens with one attached hydrogen (secondary N) is 1. The lowest BCUT2D eigenvalue weighted by molar-refractivity contribution is 0.252. The molecule has 2 fully saturated rings. The molecule has 1 aromatic carbocycles. The van der Waals surface area contributed by atoms with Crippen LogP contribution in [0.4, 0.5) is 11.8 Å². The molecule has 1 unspecified atom stereocenters. The third kappa shape index (κ3) is 7.73. The third-order valence-electron chi connectivity index (χ3n) is 7.43. The molecule has 3 heterocycles. The molecule has 0 amide bonds. The minimum atomic E-state index is 0.468. The number of hydrogen-bond acceptors (Lipinski definition) is 7. The van der Waals surface area contributed by atoms with Crippen LogP contribution in [-0.4, -0.2) is 60.8 Å². The molecule has 1 atom stereocenters. The van der Waals surface area contributed by atoms with Crippen molar-refractivity contribution in [3.8, 4) is 11.5 Å². The van der Waals surface area contributed by atoms with Crippen molar-refractivity contribution in [1.29, 1.82) is 0 Å². The molecule has 7 heteroatoms. The van der Waals surface area contributed by atoms with Crippen molar-refractivity contribution < 1.29 is 9.47 Å². The number of benzene rings is 1. The molecular weight excluding hydrogens is 450 g/mol. The highest BCUT2D eigenvalue weighted by atomic mass is 16.5. The molecule has 2 aliphatic rings. The molecule has 0 aliphatic carbocycles. The van der Waals surface area contributed by atoms with Gasteiger partial charge >= 0.3 is 0 Å². The molecular formula is C29H45N5O2. The highest BCUT2D eigenvalue weighted by Gasteiger charge is 2.25. The molecule has 7 nitrogen and oxygen atoms in total. The summed E-state index contributed by atoms with van der Waals surface area (Å²) in [7, 11) is 1.73. The second kappa shape index (κ2) is 14.3. The fourth-order valence-corrected chi connectivity index (χ4v) is 5.33. The fraction of sp³-hybridized carbons (Fsp3) is 0.655. The molecule has 1 N–H and O–H groups in total. The summed E-state index contributed by atoms with van der Waals surface area (Å²) < 4.78 is 11.7. The van der Waals surface area contributed by atoms with Gasteiger partial charge in [-0.2, -0.15) is 4.98 Å². The number of methoxy groups -OCH3 is 1. The monoisotopic (exact) mass is 495 g/mol. The maximum Gasteiger partial charge on any atom is 0.224 e. The first-order valence-corrected chi connectivity index (χ1v) is 14.1. The summed E-state index contributed by atoms with van der Waals surface area (Å²) in [6, 6.07) is 8.90. The van der Waals surface area contributed by atoms with Crippen LogP contribution in [0.1, 0.15) is 76.7 Å². The number of hydrogen-bond donors (Lipinski definition) is 1. The van der Waals surface area contributed by atoms with Gasteiger partial charge in [0.1, 0.15) is 5.82 Å². The molecule has 0 spiro atoms. The highest BCUT2D eigenvalue weighted by Crippen LogP contribution is 2.30. The largest absolute Gasteiger partial charge is 0.493 e. The zero-order chi connectivity index (χ0) is 25.0. The van der Waals surface area contributed by atoms with Gasteiger partial charge in [0.05, 0.1) is 13.7 Å². The van der Waals surface area contributed by atoms with Crippen molar-refractivity contribution in [2.75, 3.05) is 50.1 Å². The number of anilines is 2. The van der Waals surface area contributed by atoms with Gasteiger partial charge in [-0.15, -0.1) is 0 Å². The van der Waals surface area contributed by atoms with Gasteiger partial charge in [-0.3, -0.25) is 4.90 Å². The summed E-state index contributed by atoms with van der Waals surface area (Å²) in [5.41, 5.74) is 1.26. The summed E-state index contributed by atoms with van der Waals surface area (Å²) in [5.74, 6) is 3.47. The van der Waals surface area contributed by atoms with Crippen LogP contribution in [0.15, 0.2) is 30.5 Å².